The van der Waals surface area contributed by atoms with E-state index in [1.165, 1.54) is 6.92 Å². The number of esters is 1. The van der Waals surface area contributed by atoms with Gasteiger partial charge >= 0.3 is 5.97 Å². The van der Waals surface area contributed by atoms with Gasteiger partial charge in [-0.15, -0.1) is 0 Å². The number of allylic oxidation sites excluding steroid dienone is 1. The van der Waals surface area contributed by atoms with Gasteiger partial charge in [0.15, 0.2) is 8.32 Å². The van der Waals surface area contributed by atoms with Gasteiger partial charge in [0.25, 0.3) is 0 Å². The van der Waals surface area contributed by atoms with Gasteiger partial charge in [-0.3, -0.25) is 9.59 Å². The van der Waals surface area contributed by atoms with Crippen molar-refractivity contribution in [2.75, 3.05) is 13.2 Å². The Bertz CT molecular complexity index is 550. The Morgan fingerprint density at radius 3 is 2.45 bits per heavy atom. The Kier molecular flexibility index (Phi) is 10.8. The quantitative estimate of drug-likeness (QED) is 0.205. The molecule has 0 unspecified atom stereocenters. The van der Waals surface area contributed by atoms with Crippen LogP contribution in [0.15, 0.2) is 12.2 Å². The highest BCUT2D eigenvalue weighted by Gasteiger charge is 2.46. The summed E-state index contributed by atoms with van der Waals surface area (Å²) in [7, 11) is -1.98. The molecule has 0 aromatic rings. The first-order chi connectivity index (χ1) is 13.5. The number of carbonyl (C=O) groups is 2. The van der Waals surface area contributed by atoms with Crippen LogP contribution >= 0.6 is 0 Å². The van der Waals surface area contributed by atoms with E-state index in [-0.39, 0.29) is 47.9 Å². The standard InChI is InChI=1S/C23H42O5Si/c1-18(25)27-16-14-19-20(13-11-9-7-8-10-12-15-24)22(17-21(19)26)28-29(5,6)23(2,3)4/h11,13,19-20,22,24H,7-10,12,14-17H2,1-6H3/t19-,20+,22-/m1/s1. The average Bonchev–Trinajstić information content (AvgIpc) is 2.87. The van der Waals surface area contributed by atoms with Crippen molar-refractivity contribution in [3.63, 3.8) is 0 Å². The average molecular weight is 427 g/mol. The molecule has 3 atom stereocenters. The first-order valence-electron chi connectivity index (χ1n) is 11.1. The molecule has 0 heterocycles. The molecule has 29 heavy (non-hydrogen) atoms. The van der Waals surface area contributed by atoms with E-state index in [0.29, 0.717) is 12.8 Å². The molecule has 6 heteroatoms. The maximum absolute atomic E-state index is 12.8. The van der Waals surface area contributed by atoms with Crippen LogP contribution in [0.4, 0.5) is 0 Å². The summed E-state index contributed by atoms with van der Waals surface area (Å²) in [6, 6.07) is 0. The number of Topliss-reactive ketones (excluding diaryl/α,β-unsaturated/α-hetero) is 1. The lowest BCUT2D eigenvalue weighted by Crippen LogP contribution is -2.45. The van der Waals surface area contributed by atoms with E-state index in [1.54, 1.807) is 0 Å². The number of hydrogen-bond acceptors (Lipinski definition) is 5. The minimum absolute atomic E-state index is 0.0459. The van der Waals surface area contributed by atoms with Crippen molar-refractivity contribution in [3.05, 3.63) is 12.2 Å². The molecule has 5 nitrogen and oxygen atoms in total. The van der Waals surface area contributed by atoms with Gasteiger partial charge in [-0.05, 0) is 43.8 Å². The normalized spacial score (nSPS) is 23.1. The van der Waals surface area contributed by atoms with E-state index in [4.69, 9.17) is 14.3 Å². The maximum Gasteiger partial charge on any atom is 0.302 e. The highest BCUT2D eigenvalue weighted by Crippen LogP contribution is 2.42. The van der Waals surface area contributed by atoms with Crippen LogP contribution in [0.3, 0.4) is 0 Å². The number of rotatable bonds is 12. The van der Waals surface area contributed by atoms with Crippen molar-refractivity contribution in [2.24, 2.45) is 11.8 Å². The van der Waals surface area contributed by atoms with Gasteiger partial charge in [0.2, 0.25) is 0 Å². The molecule has 1 fully saturated rings. The lowest BCUT2D eigenvalue weighted by atomic mass is 9.91. The van der Waals surface area contributed by atoms with E-state index in [9.17, 15) is 9.59 Å². The molecular formula is C23H42O5Si. The fourth-order valence-electron chi connectivity index (χ4n) is 3.56. The van der Waals surface area contributed by atoms with Gasteiger partial charge in [0, 0.05) is 31.8 Å². The lowest BCUT2D eigenvalue weighted by molar-refractivity contribution is -0.142. The van der Waals surface area contributed by atoms with Crippen molar-refractivity contribution >= 4 is 20.1 Å². The molecule has 0 amide bonds. The van der Waals surface area contributed by atoms with Crippen LogP contribution < -0.4 is 0 Å². The summed E-state index contributed by atoms with van der Waals surface area (Å²) in [5.41, 5.74) is 0. The van der Waals surface area contributed by atoms with E-state index in [0.717, 1.165) is 32.1 Å². The number of unbranched alkanes of at least 4 members (excludes halogenated alkanes) is 4. The summed E-state index contributed by atoms with van der Waals surface area (Å²) in [5, 5.41) is 8.95. The molecule has 0 aromatic heterocycles. The first kappa shape index (κ1) is 26.1. The monoisotopic (exact) mass is 426 g/mol. The van der Waals surface area contributed by atoms with Gasteiger partial charge in [-0.2, -0.15) is 0 Å². The Morgan fingerprint density at radius 2 is 1.86 bits per heavy atom. The van der Waals surface area contributed by atoms with Crippen LogP contribution in [0.2, 0.25) is 18.1 Å². The van der Waals surface area contributed by atoms with Gasteiger partial charge in [-0.25, -0.2) is 0 Å². The topological polar surface area (TPSA) is 72.8 Å². The first-order valence-corrected chi connectivity index (χ1v) is 14.0. The van der Waals surface area contributed by atoms with Crippen LogP contribution in [-0.4, -0.2) is 44.5 Å². The molecule has 1 aliphatic carbocycles. The third-order valence-corrected chi connectivity index (χ3v) is 10.8. The predicted octanol–water partition coefficient (Wildman–Crippen LogP) is 5.03. The Balaban J connectivity index is 2.81. The second-order valence-corrected chi connectivity index (χ2v) is 14.5. The number of ketones is 1. The highest BCUT2D eigenvalue weighted by molar-refractivity contribution is 6.74. The molecule has 0 aromatic carbocycles. The number of aliphatic hydroxyl groups is 1. The number of aliphatic hydroxyl groups excluding tert-OH is 1. The number of carbonyl (C=O) groups excluding carboxylic acids is 2. The predicted molar refractivity (Wildman–Crippen MR) is 119 cm³/mol. The van der Waals surface area contributed by atoms with Crippen molar-refractivity contribution < 1.29 is 23.9 Å². The maximum atomic E-state index is 12.8. The summed E-state index contributed by atoms with van der Waals surface area (Å²) >= 11 is 0. The lowest BCUT2D eigenvalue weighted by Gasteiger charge is -2.39. The molecule has 0 saturated heterocycles. The summed E-state index contributed by atoms with van der Waals surface area (Å²) in [5.74, 6) is -0.183. The van der Waals surface area contributed by atoms with Crippen molar-refractivity contribution in [3.8, 4) is 0 Å². The zero-order valence-corrected chi connectivity index (χ0v) is 20.3. The van der Waals surface area contributed by atoms with E-state index in [1.807, 2.05) is 0 Å². The van der Waals surface area contributed by atoms with Crippen molar-refractivity contribution in [2.45, 2.75) is 96.9 Å². The Morgan fingerprint density at radius 1 is 1.21 bits per heavy atom. The van der Waals surface area contributed by atoms with Crippen molar-refractivity contribution in [1.82, 2.24) is 0 Å². The molecule has 1 aliphatic rings. The highest BCUT2D eigenvalue weighted by atomic mass is 28.4. The summed E-state index contributed by atoms with van der Waals surface area (Å²) < 4.78 is 11.7. The number of ether oxygens (including phenoxy) is 1. The minimum Gasteiger partial charge on any atom is -0.466 e. The SMILES string of the molecule is CC(=O)OCC[C@H]1C(=O)C[C@@H](O[Si](C)(C)C(C)(C)C)[C@H]1C=CCCCCCCO. The molecule has 0 radical (unpaired) electrons. The fourth-order valence-corrected chi connectivity index (χ4v) is 4.91. The smallest absolute Gasteiger partial charge is 0.302 e. The zero-order valence-electron chi connectivity index (χ0n) is 19.3. The molecule has 0 aliphatic heterocycles. The molecule has 0 bridgehead atoms. The number of hydrogen-bond donors (Lipinski definition) is 1. The van der Waals surface area contributed by atoms with Gasteiger partial charge in [0.05, 0.1) is 12.7 Å². The van der Waals surface area contributed by atoms with Gasteiger partial charge < -0.3 is 14.3 Å². The third kappa shape index (κ3) is 8.73. The van der Waals surface area contributed by atoms with E-state index >= 15 is 0 Å². The summed E-state index contributed by atoms with van der Waals surface area (Å²) in [4.78, 5) is 23.9. The Labute approximate surface area is 178 Å². The largest absolute Gasteiger partial charge is 0.466 e. The van der Waals surface area contributed by atoms with Crippen LogP contribution in [0, 0.1) is 11.8 Å². The fraction of sp³-hybridized carbons (Fsp3) is 0.826. The zero-order chi connectivity index (χ0) is 22.1. The molecule has 1 rings (SSSR count). The van der Waals surface area contributed by atoms with Crippen LogP contribution in [0.25, 0.3) is 0 Å². The molecule has 1 saturated carbocycles. The minimum atomic E-state index is -1.98. The summed E-state index contributed by atoms with van der Waals surface area (Å²) in [6.45, 7) is 13.0. The Hall–Kier alpha value is -0.983. The van der Waals surface area contributed by atoms with Crippen LogP contribution in [0.5, 0.6) is 0 Å². The second-order valence-electron chi connectivity index (χ2n) is 9.75. The van der Waals surface area contributed by atoms with Gasteiger partial charge in [0.1, 0.15) is 5.78 Å². The molecule has 0 spiro atoms. The van der Waals surface area contributed by atoms with Crippen LogP contribution in [-0.2, 0) is 18.8 Å². The molecule has 1 N–H and O–H groups in total. The van der Waals surface area contributed by atoms with E-state index < -0.39 is 8.32 Å². The molecule has 168 valence electrons. The van der Waals surface area contributed by atoms with Gasteiger partial charge in [-0.1, -0.05) is 45.8 Å². The molecular weight excluding hydrogens is 384 g/mol. The summed E-state index contributed by atoms with van der Waals surface area (Å²) in [6.07, 6.45) is 10.4. The van der Waals surface area contributed by atoms with E-state index in [2.05, 4.69) is 46.0 Å². The van der Waals surface area contributed by atoms with Crippen LogP contribution in [0.1, 0.15) is 72.6 Å². The second kappa shape index (κ2) is 12.0. The van der Waals surface area contributed by atoms with Crippen molar-refractivity contribution in [1.29, 1.82) is 0 Å². The third-order valence-electron chi connectivity index (χ3n) is 6.33.